The van der Waals surface area contributed by atoms with E-state index in [2.05, 4.69) is 9.97 Å². The van der Waals surface area contributed by atoms with Gasteiger partial charge < -0.3 is 9.78 Å². The number of aryl methyl sites for hydroxylation is 1. The van der Waals surface area contributed by atoms with Crippen LogP contribution in [-0.2, 0) is 11.2 Å². The Hall–Kier alpha value is -1.64. The monoisotopic (exact) mass is 230 g/mol. The van der Waals surface area contributed by atoms with Gasteiger partial charge in [0.05, 0.1) is 11.0 Å². The lowest BCUT2D eigenvalue weighted by molar-refractivity contribution is -0.117. The zero-order valence-electron chi connectivity index (χ0n) is 10.2. The third-order valence-corrected chi connectivity index (χ3v) is 2.88. The van der Waals surface area contributed by atoms with E-state index in [9.17, 15) is 4.79 Å². The Bertz CT molecular complexity index is 469. The number of aromatic amines is 1. The van der Waals surface area contributed by atoms with Crippen LogP contribution in [0.3, 0.4) is 0 Å². The molecule has 1 heterocycles. The SMILES string of the molecule is CC(=O)CCCCCc1nc2ccccc2[nH]1. The highest BCUT2D eigenvalue weighted by Crippen LogP contribution is 2.12. The van der Waals surface area contributed by atoms with Crippen molar-refractivity contribution in [2.75, 3.05) is 0 Å². The summed E-state index contributed by atoms with van der Waals surface area (Å²) in [6.07, 6.45) is 4.85. The molecule has 0 aliphatic carbocycles. The minimum absolute atomic E-state index is 0.286. The van der Waals surface area contributed by atoms with E-state index in [1.807, 2.05) is 24.3 Å². The molecular formula is C14H18N2O. The first kappa shape index (κ1) is 11.8. The fraction of sp³-hybridized carbons (Fsp3) is 0.429. The van der Waals surface area contributed by atoms with Crippen LogP contribution in [0, 0.1) is 0 Å². The fourth-order valence-corrected chi connectivity index (χ4v) is 1.97. The Morgan fingerprint density at radius 3 is 2.82 bits per heavy atom. The summed E-state index contributed by atoms with van der Waals surface area (Å²) >= 11 is 0. The summed E-state index contributed by atoms with van der Waals surface area (Å²) in [5, 5.41) is 0. The van der Waals surface area contributed by atoms with Crippen LogP contribution in [0.5, 0.6) is 0 Å². The minimum atomic E-state index is 0.286. The summed E-state index contributed by atoms with van der Waals surface area (Å²) < 4.78 is 0. The van der Waals surface area contributed by atoms with Crippen molar-refractivity contribution in [3.05, 3.63) is 30.1 Å². The molecule has 0 fully saturated rings. The molecule has 0 spiro atoms. The molecule has 3 heteroatoms. The largest absolute Gasteiger partial charge is 0.342 e. The van der Waals surface area contributed by atoms with E-state index < -0.39 is 0 Å². The summed E-state index contributed by atoms with van der Waals surface area (Å²) in [6.45, 7) is 1.65. The number of fused-ring (bicyclic) bond motifs is 1. The highest BCUT2D eigenvalue weighted by Gasteiger charge is 2.01. The lowest BCUT2D eigenvalue weighted by atomic mass is 10.1. The van der Waals surface area contributed by atoms with Crippen molar-refractivity contribution in [3.8, 4) is 0 Å². The number of imidazole rings is 1. The van der Waals surface area contributed by atoms with Crippen LogP contribution < -0.4 is 0 Å². The predicted molar refractivity (Wildman–Crippen MR) is 68.9 cm³/mol. The topological polar surface area (TPSA) is 45.8 Å². The lowest BCUT2D eigenvalue weighted by Gasteiger charge is -1.97. The van der Waals surface area contributed by atoms with Gasteiger partial charge in [0.2, 0.25) is 0 Å². The van der Waals surface area contributed by atoms with Crippen LogP contribution >= 0.6 is 0 Å². The first-order valence-electron chi connectivity index (χ1n) is 6.19. The molecule has 90 valence electrons. The molecule has 0 unspecified atom stereocenters. The maximum atomic E-state index is 10.8. The lowest BCUT2D eigenvalue weighted by Crippen LogP contribution is -1.92. The van der Waals surface area contributed by atoms with Crippen molar-refractivity contribution in [2.45, 2.75) is 39.0 Å². The van der Waals surface area contributed by atoms with Crippen molar-refractivity contribution < 1.29 is 4.79 Å². The molecule has 0 aliphatic heterocycles. The fourth-order valence-electron chi connectivity index (χ4n) is 1.97. The number of ketones is 1. The molecule has 1 aromatic carbocycles. The van der Waals surface area contributed by atoms with Crippen LogP contribution in [0.25, 0.3) is 11.0 Å². The molecule has 0 atom stereocenters. The van der Waals surface area contributed by atoms with Crippen LogP contribution in [0.4, 0.5) is 0 Å². The maximum Gasteiger partial charge on any atom is 0.129 e. The van der Waals surface area contributed by atoms with Gasteiger partial charge >= 0.3 is 0 Å². The van der Waals surface area contributed by atoms with Gasteiger partial charge in [-0.05, 0) is 31.9 Å². The second-order valence-electron chi connectivity index (χ2n) is 4.46. The maximum absolute atomic E-state index is 10.8. The Balaban J connectivity index is 1.81. The zero-order chi connectivity index (χ0) is 12.1. The van der Waals surface area contributed by atoms with Crippen LogP contribution in [0.15, 0.2) is 24.3 Å². The van der Waals surface area contributed by atoms with Gasteiger partial charge in [0.1, 0.15) is 11.6 Å². The predicted octanol–water partition coefficient (Wildman–Crippen LogP) is 3.25. The molecule has 1 aromatic heterocycles. The minimum Gasteiger partial charge on any atom is -0.342 e. The van der Waals surface area contributed by atoms with E-state index in [0.717, 1.165) is 42.5 Å². The van der Waals surface area contributed by atoms with Crippen LogP contribution in [0.1, 0.15) is 38.4 Å². The summed E-state index contributed by atoms with van der Waals surface area (Å²) in [5.74, 6) is 1.34. The molecule has 2 rings (SSSR count). The van der Waals surface area contributed by atoms with Gasteiger partial charge in [-0.2, -0.15) is 0 Å². The average Bonchev–Trinajstić information content (AvgIpc) is 2.70. The first-order chi connectivity index (χ1) is 8.25. The molecular weight excluding hydrogens is 212 g/mol. The summed E-state index contributed by atoms with van der Waals surface area (Å²) in [5.41, 5.74) is 2.14. The van der Waals surface area contributed by atoms with E-state index >= 15 is 0 Å². The van der Waals surface area contributed by atoms with Gasteiger partial charge in [-0.1, -0.05) is 18.6 Å². The van der Waals surface area contributed by atoms with Crippen LogP contribution in [0.2, 0.25) is 0 Å². The number of unbranched alkanes of at least 4 members (excludes halogenated alkanes) is 2. The van der Waals surface area contributed by atoms with Gasteiger partial charge in [-0.25, -0.2) is 4.98 Å². The Labute approximate surface area is 101 Å². The Morgan fingerprint density at radius 2 is 2.06 bits per heavy atom. The van der Waals surface area contributed by atoms with E-state index in [1.165, 1.54) is 0 Å². The number of hydrogen-bond acceptors (Lipinski definition) is 2. The number of benzene rings is 1. The molecule has 3 nitrogen and oxygen atoms in total. The highest BCUT2D eigenvalue weighted by atomic mass is 16.1. The quantitative estimate of drug-likeness (QED) is 0.774. The number of H-pyrrole nitrogens is 1. The van der Waals surface area contributed by atoms with Crippen molar-refractivity contribution in [2.24, 2.45) is 0 Å². The standard InChI is InChI=1S/C14H18N2O/c1-11(17)7-3-2-4-10-14-15-12-8-5-6-9-13(12)16-14/h5-6,8-9H,2-4,7,10H2,1H3,(H,15,16). The number of Topliss-reactive ketones (excluding diaryl/α,β-unsaturated/α-hetero) is 1. The van der Waals surface area contributed by atoms with Gasteiger partial charge in [-0.15, -0.1) is 0 Å². The van der Waals surface area contributed by atoms with Gasteiger partial charge in [0.25, 0.3) is 0 Å². The highest BCUT2D eigenvalue weighted by molar-refractivity contribution is 5.75. The van der Waals surface area contributed by atoms with Crippen LogP contribution in [-0.4, -0.2) is 15.8 Å². The van der Waals surface area contributed by atoms with Gasteiger partial charge in [0.15, 0.2) is 0 Å². The number of rotatable bonds is 6. The second-order valence-corrected chi connectivity index (χ2v) is 4.46. The van der Waals surface area contributed by atoms with Gasteiger partial charge in [0, 0.05) is 12.8 Å². The number of para-hydroxylation sites is 2. The summed E-state index contributed by atoms with van der Waals surface area (Å²) in [6, 6.07) is 8.07. The second kappa shape index (κ2) is 5.62. The number of nitrogens with one attached hydrogen (secondary N) is 1. The summed E-state index contributed by atoms with van der Waals surface area (Å²) in [7, 11) is 0. The van der Waals surface area contributed by atoms with E-state index in [4.69, 9.17) is 0 Å². The molecule has 0 amide bonds. The number of nitrogens with zero attached hydrogens (tertiary/aromatic N) is 1. The van der Waals surface area contributed by atoms with Crippen molar-refractivity contribution in [1.29, 1.82) is 0 Å². The molecule has 17 heavy (non-hydrogen) atoms. The molecule has 0 bridgehead atoms. The molecule has 0 radical (unpaired) electrons. The molecule has 1 N–H and O–H groups in total. The van der Waals surface area contributed by atoms with Crippen molar-refractivity contribution >= 4 is 16.8 Å². The molecule has 2 aromatic rings. The zero-order valence-corrected chi connectivity index (χ0v) is 10.2. The average molecular weight is 230 g/mol. The normalized spacial score (nSPS) is 10.9. The van der Waals surface area contributed by atoms with E-state index in [1.54, 1.807) is 6.92 Å². The Kier molecular flexibility index (Phi) is 3.91. The number of carbonyl (C=O) groups excluding carboxylic acids is 1. The third-order valence-electron chi connectivity index (χ3n) is 2.88. The van der Waals surface area contributed by atoms with Crippen molar-refractivity contribution in [3.63, 3.8) is 0 Å². The Morgan fingerprint density at radius 1 is 1.24 bits per heavy atom. The molecule has 0 saturated heterocycles. The van der Waals surface area contributed by atoms with E-state index in [0.29, 0.717) is 6.42 Å². The van der Waals surface area contributed by atoms with Gasteiger partial charge in [-0.3, -0.25) is 0 Å². The number of hydrogen-bond donors (Lipinski definition) is 1. The van der Waals surface area contributed by atoms with E-state index in [-0.39, 0.29) is 5.78 Å². The number of aromatic nitrogens is 2. The number of carbonyl (C=O) groups is 1. The molecule has 0 saturated carbocycles. The smallest absolute Gasteiger partial charge is 0.129 e. The third kappa shape index (κ3) is 3.41. The molecule has 0 aliphatic rings. The first-order valence-corrected chi connectivity index (χ1v) is 6.19. The van der Waals surface area contributed by atoms with Crippen molar-refractivity contribution in [1.82, 2.24) is 9.97 Å². The summed E-state index contributed by atoms with van der Waals surface area (Å²) in [4.78, 5) is 18.6.